The van der Waals surface area contributed by atoms with E-state index < -0.39 is 0 Å². The summed E-state index contributed by atoms with van der Waals surface area (Å²) in [7, 11) is 5.87. The highest BCUT2D eigenvalue weighted by Gasteiger charge is 1.96. The Kier molecular flexibility index (Phi) is 2.62. The molecule has 0 bridgehead atoms. The van der Waals surface area contributed by atoms with Gasteiger partial charge in [-0.25, -0.2) is 5.43 Å². The molecule has 4 nitrogen and oxygen atoms in total. The van der Waals surface area contributed by atoms with Gasteiger partial charge in [-0.15, -0.1) is 0 Å². The van der Waals surface area contributed by atoms with Crippen LogP contribution in [0.25, 0.3) is 0 Å². The summed E-state index contributed by atoms with van der Waals surface area (Å²) in [6.07, 6.45) is 1.80. The molecule has 0 aromatic carbocycles. The molecule has 0 aliphatic rings. The van der Waals surface area contributed by atoms with Gasteiger partial charge in [0.15, 0.2) is 0 Å². The van der Waals surface area contributed by atoms with Gasteiger partial charge in [0.05, 0.1) is 12.2 Å². The van der Waals surface area contributed by atoms with Crippen molar-refractivity contribution in [2.24, 2.45) is 7.05 Å². The zero-order valence-electron chi connectivity index (χ0n) is 7.20. The Labute approximate surface area is 66.8 Å². The van der Waals surface area contributed by atoms with Crippen LogP contribution in [0.1, 0.15) is 5.69 Å². The van der Waals surface area contributed by atoms with Crippen molar-refractivity contribution in [3.8, 4) is 0 Å². The van der Waals surface area contributed by atoms with Crippen molar-refractivity contribution in [3.05, 3.63) is 18.0 Å². The molecule has 0 fully saturated rings. The van der Waals surface area contributed by atoms with Crippen LogP contribution in [-0.2, 0) is 13.6 Å². The summed E-state index contributed by atoms with van der Waals surface area (Å²) in [5.74, 6) is 0. The predicted molar refractivity (Wildman–Crippen MR) is 43.7 cm³/mol. The van der Waals surface area contributed by atoms with Crippen LogP contribution in [0, 0.1) is 0 Å². The molecule has 1 heterocycles. The van der Waals surface area contributed by atoms with Crippen molar-refractivity contribution in [2.45, 2.75) is 6.54 Å². The first-order chi connectivity index (χ1) is 5.20. The Morgan fingerprint density at radius 2 is 2.36 bits per heavy atom. The minimum Gasteiger partial charge on any atom is -0.271 e. The minimum atomic E-state index is 0.823. The lowest BCUT2D eigenvalue weighted by atomic mass is 10.4. The molecule has 62 valence electrons. The third-order valence-electron chi connectivity index (χ3n) is 1.50. The normalized spacial score (nSPS) is 10.9. The van der Waals surface area contributed by atoms with Crippen LogP contribution in [0.4, 0.5) is 0 Å². The van der Waals surface area contributed by atoms with Crippen molar-refractivity contribution in [1.82, 2.24) is 20.2 Å². The minimum absolute atomic E-state index is 0.823. The molecule has 0 unspecified atom stereocenters. The zero-order chi connectivity index (χ0) is 8.27. The summed E-state index contributed by atoms with van der Waals surface area (Å²) >= 11 is 0. The van der Waals surface area contributed by atoms with Crippen molar-refractivity contribution in [1.29, 1.82) is 0 Å². The van der Waals surface area contributed by atoms with Crippen molar-refractivity contribution >= 4 is 0 Å². The van der Waals surface area contributed by atoms with Crippen molar-refractivity contribution in [3.63, 3.8) is 0 Å². The van der Waals surface area contributed by atoms with Crippen molar-refractivity contribution < 1.29 is 0 Å². The molecular weight excluding hydrogens is 140 g/mol. The van der Waals surface area contributed by atoms with Gasteiger partial charge >= 0.3 is 0 Å². The lowest BCUT2D eigenvalue weighted by molar-refractivity contribution is 0.282. The van der Waals surface area contributed by atoms with Gasteiger partial charge in [0.1, 0.15) is 0 Å². The van der Waals surface area contributed by atoms with E-state index in [9.17, 15) is 0 Å². The third-order valence-corrected chi connectivity index (χ3v) is 1.50. The first-order valence-electron chi connectivity index (χ1n) is 3.58. The van der Waals surface area contributed by atoms with Gasteiger partial charge in [-0.1, -0.05) is 0 Å². The van der Waals surface area contributed by atoms with E-state index in [4.69, 9.17) is 0 Å². The number of nitrogens with one attached hydrogen (secondary N) is 1. The first-order valence-corrected chi connectivity index (χ1v) is 3.58. The third kappa shape index (κ3) is 2.32. The van der Waals surface area contributed by atoms with Gasteiger partial charge in [-0.05, 0) is 6.07 Å². The molecule has 0 spiro atoms. The average Bonchev–Trinajstić information content (AvgIpc) is 2.31. The number of rotatable bonds is 3. The summed E-state index contributed by atoms with van der Waals surface area (Å²) in [5, 5.41) is 5.98. The Bertz CT molecular complexity index is 216. The number of hydrazine groups is 1. The number of aromatic nitrogens is 2. The molecule has 0 aliphatic carbocycles. The van der Waals surface area contributed by atoms with Crippen LogP contribution in [0.3, 0.4) is 0 Å². The lowest BCUT2D eigenvalue weighted by Crippen LogP contribution is -2.30. The SMILES string of the molecule is CN(C)NCc1ccnn1C. The highest BCUT2D eigenvalue weighted by atomic mass is 15.5. The van der Waals surface area contributed by atoms with E-state index >= 15 is 0 Å². The molecular formula is C7H14N4. The van der Waals surface area contributed by atoms with E-state index in [-0.39, 0.29) is 0 Å². The number of aryl methyl sites for hydroxylation is 1. The molecule has 11 heavy (non-hydrogen) atoms. The van der Waals surface area contributed by atoms with Gasteiger partial charge in [-0.2, -0.15) is 5.10 Å². The first kappa shape index (κ1) is 8.23. The fourth-order valence-electron chi connectivity index (χ4n) is 0.814. The van der Waals surface area contributed by atoms with E-state index in [1.54, 1.807) is 6.20 Å². The highest BCUT2D eigenvalue weighted by Crippen LogP contribution is 1.94. The Morgan fingerprint density at radius 3 is 2.82 bits per heavy atom. The maximum atomic E-state index is 4.05. The maximum Gasteiger partial charge on any atom is 0.0532 e. The van der Waals surface area contributed by atoms with Crippen LogP contribution < -0.4 is 5.43 Å². The molecule has 0 radical (unpaired) electrons. The summed E-state index contributed by atoms with van der Waals surface area (Å²) in [6, 6.07) is 2.00. The van der Waals surface area contributed by atoms with Crippen LogP contribution >= 0.6 is 0 Å². The lowest BCUT2D eigenvalue weighted by Gasteiger charge is -2.11. The fourth-order valence-corrected chi connectivity index (χ4v) is 0.814. The topological polar surface area (TPSA) is 33.1 Å². The molecule has 0 aliphatic heterocycles. The molecule has 4 heteroatoms. The summed E-state index contributed by atoms with van der Waals surface area (Å²) in [6.45, 7) is 0.823. The fraction of sp³-hybridized carbons (Fsp3) is 0.571. The molecule has 0 saturated heterocycles. The molecule has 1 aromatic rings. The summed E-state index contributed by atoms with van der Waals surface area (Å²) in [5.41, 5.74) is 4.34. The largest absolute Gasteiger partial charge is 0.271 e. The van der Waals surface area contributed by atoms with Gasteiger partial charge in [0.2, 0.25) is 0 Å². The second-order valence-corrected chi connectivity index (χ2v) is 2.68. The second kappa shape index (κ2) is 3.50. The summed E-state index contributed by atoms with van der Waals surface area (Å²) < 4.78 is 1.86. The number of hydrogen-bond acceptors (Lipinski definition) is 3. The van der Waals surface area contributed by atoms with E-state index in [1.165, 1.54) is 5.69 Å². The van der Waals surface area contributed by atoms with Crippen LogP contribution in [0.15, 0.2) is 12.3 Å². The molecule has 1 rings (SSSR count). The van der Waals surface area contributed by atoms with E-state index in [0.717, 1.165) is 6.54 Å². The Morgan fingerprint density at radius 1 is 1.64 bits per heavy atom. The molecule has 1 N–H and O–H groups in total. The average molecular weight is 154 g/mol. The highest BCUT2D eigenvalue weighted by molar-refractivity contribution is 4.98. The number of hydrogen-bond donors (Lipinski definition) is 1. The molecule has 0 saturated carbocycles. The van der Waals surface area contributed by atoms with E-state index in [1.807, 2.05) is 36.9 Å². The molecule has 1 aromatic heterocycles. The van der Waals surface area contributed by atoms with Crippen LogP contribution in [0.5, 0.6) is 0 Å². The van der Waals surface area contributed by atoms with Gasteiger partial charge in [0.25, 0.3) is 0 Å². The van der Waals surface area contributed by atoms with Crippen molar-refractivity contribution in [2.75, 3.05) is 14.1 Å². The smallest absolute Gasteiger partial charge is 0.0532 e. The predicted octanol–water partition coefficient (Wildman–Crippen LogP) is -0.0137. The van der Waals surface area contributed by atoms with Gasteiger partial charge in [0, 0.05) is 27.3 Å². The summed E-state index contributed by atoms with van der Waals surface area (Å²) in [4.78, 5) is 0. The van der Waals surface area contributed by atoms with Gasteiger partial charge < -0.3 is 0 Å². The zero-order valence-corrected chi connectivity index (χ0v) is 7.20. The van der Waals surface area contributed by atoms with Gasteiger partial charge in [-0.3, -0.25) is 9.69 Å². The van der Waals surface area contributed by atoms with Crippen LogP contribution in [-0.4, -0.2) is 28.9 Å². The van der Waals surface area contributed by atoms with E-state index in [2.05, 4.69) is 10.5 Å². The quantitative estimate of drug-likeness (QED) is 0.621. The standard InChI is InChI=1S/C7H14N4/c1-10(2)9-6-7-4-5-8-11(7)3/h4-5,9H,6H2,1-3H3. The second-order valence-electron chi connectivity index (χ2n) is 2.68. The number of nitrogens with zero attached hydrogens (tertiary/aromatic N) is 3. The Hall–Kier alpha value is -0.870. The van der Waals surface area contributed by atoms with Crippen LogP contribution in [0.2, 0.25) is 0 Å². The Balaban J connectivity index is 2.44. The molecule has 0 atom stereocenters. The molecule has 0 amide bonds. The maximum absolute atomic E-state index is 4.05. The monoisotopic (exact) mass is 154 g/mol. The van der Waals surface area contributed by atoms with E-state index in [0.29, 0.717) is 0 Å².